The molecular formula is C23H24N4O3S. The Morgan fingerprint density at radius 1 is 1.23 bits per heavy atom. The van der Waals surface area contributed by atoms with E-state index in [-0.39, 0.29) is 11.6 Å². The van der Waals surface area contributed by atoms with E-state index in [4.69, 9.17) is 4.98 Å². The van der Waals surface area contributed by atoms with Crippen LogP contribution in [0, 0.1) is 10.1 Å². The highest BCUT2D eigenvalue weighted by Gasteiger charge is 2.26. The lowest BCUT2D eigenvalue weighted by Gasteiger charge is -2.22. The van der Waals surface area contributed by atoms with Crippen LogP contribution in [0.15, 0.2) is 54.6 Å². The second-order valence-corrected chi connectivity index (χ2v) is 8.50. The number of nitro benzene ring substituents is 1. The molecule has 3 aromatic rings. The molecule has 31 heavy (non-hydrogen) atoms. The molecule has 1 atom stereocenters. The maximum absolute atomic E-state index is 13.2. The Labute approximate surface area is 184 Å². The summed E-state index contributed by atoms with van der Waals surface area (Å²) in [5, 5.41) is 15.0. The van der Waals surface area contributed by atoms with Crippen molar-refractivity contribution in [3.63, 3.8) is 0 Å². The van der Waals surface area contributed by atoms with Crippen molar-refractivity contribution < 1.29 is 9.72 Å². The number of rotatable bonds is 7. The van der Waals surface area contributed by atoms with Gasteiger partial charge in [0.2, 0.25) is 0 Å². The summed E-state index contributed by atoms with van der Waals surface area (Å²) in [5.41, 5.74) is 1.92. The molecule has 0 radical (unpaired) electrons. The first-order valence-corrected chi connectivity index (χ1v) is 11.2. The SMILES string of the molecule is CCN1CCCC1CNC(=O)c1sc(-c2ccccc2)nc1-c1cccc([N+](=O)[O-])c1. The zero-order chi connectivity index (χ0) is 21.8. The largest absolute Gasteiger partial charge is 0.350 e. The van der Waals surface area contributed by atoms with Crippen LogP contribution in [0.3, 0.4) is 0 Å². The predicted octanol–water partition coefficient (Wildman–Crippen LogP) is 4.60. The number of aromatic nitrogens is 1. The maximum atomic E-state index is 13.2. The third kappa shape index (κ3) is 4.65. The molecule has 1 N–H and O–H groups in total. The normalized spacial score (nSPS) is 16.4. The first-order valence-electron chi connectivity index (χ1n) is 10.4. The molecular weight excluding hydrogens is 412 g/mol. The van der Waals surface area contributed by atoms with Crippen molar-refractivity contribution in [2.24, 2.45) is 0 Å². The molecule has 0 spiro atoms. The van der Waals surface area contributed by atoms with Gasteiger partial charge in [-0.15, -0.1) is 11.3 Å². The van der Waals surface area contributed by atoms with Gasteiger partial charge in [0, 0.05) is 35.8 Å². The van der Waals surface area contributed by atoms with Crippen molar-refractivity contribution in [3.05, 3.63) is 69.6 Å². The third-order valence-electron chi connectivity index (χ3n) is 5.59. The third-order valence-corrected chi connectivity index (χ3v) is 6.69. The first kappa shape index (κ1) is 21.1. The van der Waals surface area contributed by atoms with Crippen LogP contribution in [0.4, 0.5) is 5.69 Å². The Hall–Kier alpha value is -3.10. The molecule has 0 bridgehead atoms. The monoisotopic (exact) mass is 436 g/mol. The average Bonchev–Trinajstić information content (AvgIpc) is 3.45. The molecule has 1 aliphatic heterocycles. The topological polar surface area (TPSA) is 88.4 Å². The molecule has 4 rings (SSSR count). The standard InChI is InChI=1S/C23H24N4O3S/c1-2-26-13-7-12-19(26)15-24-22(28)21-20(17-10-6-11-18(14-17)27(29)30)25-23(31-21)16-8-4-3-5-9-16/h3-6,8-11,14,19H,2,7,12-13,15H2,1H3,(H,24,28). The van der Waals surface area contributed by atoms with Crippen LogP contribution in [0.2, 0.25) is 0 Å². The number of carbonyl (C=O) groups excluding carboxylic acids is 1. The summed E-state index contributed by atoms with van der Waals surface area (Å²) in [6, 6.07) is 16.3. The van der Waals surface area contributed by atoms with E-state index in [1.54, 1.807) is 12.1 Å². The molecule has 2 aromatic carbocycles. The van der Waals surface area contributed by atoms with E-state index >= 15 is 0 Å². The Bertz CT molecular complexity index is 1080. The van der Waals surface area contributed by atoms with Gasteiger partial charge in [-0.2, -0.15) is 0 Å². The molecule has 1 unspecified atom stereocenters. The summed E-state index contributed by atoms with van der Waals surface area (Å²) in [4.78, 5) is 31.5. The molecule has 1 aliphatic rings. The summed E-state index contributed by atoms with van der Waals surface area (Å²) in [6.07, 6.45) is 2.22. The number of nitro groups is 1. The molecule has 2 heterocycles. The van der Waals surface area contributed by atoms with Gasteiger partial charge >= 0.3 is 0 Å². The average molecular weight is 437 g/mol. The van der Waals surface area contributed by atoms with Gasteiger partial charge in [-0.1, -0.05) is 49.4 Å². The molecule has 0 aliphatic carbocycles. The zero-order valence-electron chi connectivity index (χ0n) is 17.3. The van der Waals surface area contributed by atoms with Crippen molar-refractivity contribution >= 4 is 22.9 Å². The van der Waals surface area contributed by atoms with Crippen LogP contribution in [0.5, 0.6) is 0 Å². The van der Waals surface area contributed by atoms with E-state index in [0.29, 0.717) is 33.7 Å². The van der Waals surface area contributed by atoms with Crippen LogP contribution in [-0.2, 0) is 0 Å². The fourth-order valence-electron chi connectivity index (χ4n) is 3.97. The van der Waals surface area contributed by atoms with Crippen LogP contribution in [0.25, 0.3) is 21.8 Å². The lowest BCUT2D eigenvalue weighted by molar-refractivity contribution is -0.384. The number of amides is 1. The highest BCUT2D eigenvalue weighted by atomic mass is 32.1. The summed E-state index contributed by atoms with van der Waals surface area (Å²) in [6.45, 7) is 4.75. The fourth-order valence-corrected chi connectivity index (χ4v) is 4.98. The second-order valence-electron chi connectivity index (χ2n) is 7.50. The van der Waals surface area contributed by atoms with E-state index < -0.39 is 4.92 Å². The van der Waals surface area contributed by atoms with Crippen LogP contribution >= 0.6 is 11.3 Å². The van der Waals surface area contributed by atoms with Crippen LogP contribution < -0.4 is 5.32 Å². The number of non-ortho nitro benzene ring substituents is 1. The first-order chi connectivity index (χ1) is 15.1. The number of benzene rings is 2. The summed E-state index contributed by atoms with van der Waals surface area (Å²) >= 11 is 1.31. The minimum absolute atomic E-state index is 0.0253. The molecule has 1 fully saturated rings. The minimum Gasteiger partial charge on any atom is -0.350 e. The van der Waals surface area contributed by atoms with E-state index in [1.807, 2.05) is 30.3 Å². The smallest absolute Gasteiger partial charge is 0.270 e. The Balaban J connectivity index is 1.66. The lowest BCUT2D eigenvalue weighted by atomic mass is 10.1. The number of likely N-dealkylation sites (N-methyl/N-ethyl adjacent to an activating group) is 1. The van der Waals surface area contributed by atoms with E-state index in [9.17, 15) is 14.9 Å². The van der Waals surface area contributed by atoms with Crippen molar-refractivity contribution in [1.29, 1.82) is 0 Å². The number of nitrogens with zero attached hydrogens (tertiary/aromatic N) is 3. The number of carbonyl (C=O) groups is 1. The number of likely N-dealkylation sites (tertiary alicyclic amines) is 1. The van der Waals surface area contributed by atoms with Crippen molar-refractivity contribution in [1.82, 2.24) is 15.2 Å². The van der Waals surface area contributed by atoms with Crippen molar-refractivity contribution in [2.45, 2.75) is 25.8 Å². The minimum atomic E-state index is -0.437. The van der Waals surface area contributed by atoms with Gasteiger partial charge in [0.1, 0.15) is 9.88 Å². The summed E-state index contributed by atoms with van der Waals surface area (Å²) in [7, 11) is 0. The quantitative estimate of drug-likeness (QED) is 0.432. The van der Waals surface area contributed by atoms with Crippen molar-refractivity contribution in [2.75, 3.05) is 19.6 Å². The number of hydrogen-bond donors (Lipinski definition) is 1. The molecule has 8 heteroatoms. The summed E-state index contributed by atoms with van der Waals surface area (Å²) < 4.78 is 0. The van der Waals surface area contributed by atoms with Crippen molar-refractivity contribution in [3.8, 4) is 21.8 Å². The van der Waals surface area contributed by atoms with Gasteiger partial charge in [-0.05, 0) is 25.9 Å². The van der Waals surface area contributed by atoms with Gasteiger partial charge < -0.3 is 5.32 Å². The second kappa shape index (κ2) is 9.36. The van der Waals surface area contributed by atoms with Gasteiger partial charge in [0.25, 0.3) is 11.6 Å². The van der Waals surface area contributed by atoms with E-state index in [1.165, 1.54) is 23.5 Å². The molecule has 1 aromatic heterocycles. The van der Waals surface area contributed by atoms with Crippen LogP contribution in [-0.4, -0.2) is 46.4 Å². The van der Waals surface area contributed by atoms with E-state index in [0.717, 1.165) is 31.5 Å². The zero-order valence-corrected chi connectivity index (χ0v) is 18.1. The highest BCUT2D eigenvalue weighted by Crippen LogP contribution is 2.35. The van der Waals surface area contributed by atoms with Crippen LogP contribution in [0.1, 0.15) is 29.4 Å². The van der Waals surface area contributed by atoms with E-state index in [2.05, 4.69) is 17.1 Å². The Kier molecular flexibility index (Phi) is 6.39. The predicted molar refractivity (Wildman–Crippen MR) is 122 cm³/mol. The van der Waals surface area contributed by atoms with Gasteiger partial charge in [0.05, 0.1) is 10.6 Å². The maximum Gasteiger partial charge on any atom is 0.270 e. The number of thiazole rings is 1. The highest BCUT2D eigenvalue weighted by molar-refractivity contribution is 7.17. The fraction of sp³-hybridized carbons (Fsp3) is 0.304. The number of hydrogen-bond acceptors (Lipinski definition) is 6. The Morgan fingerprint density at radius 2 is 2.00 bits per heavy atom. The van der Waals surface area contributed by atoms with Gasteiger partial charge in [0.15, 0.2) is 0 Å². The molecule has 7 nitrogen and oxygen atoms in total. The van der Waals surface area contributed by atoms with Gasteiger partial charge in [-0.25, -0.2) is 4.98 Å². The van der Waals surface area contributed by atoms with Gasteiger partial charge in [-0.3, -0.25) is 19.8 Å². The lowest BCUT2D eigenvalue weighted by Crippen LogP contribution is -2.39. The molecule has 1 amide bonds. The number of nitrogens with one attached hydrogen (secondary N) is 1. The molecule has 1 saturated heterocycles. The molecule has 160 valence electrons. The molecule has 0 saturated carbocycles. The summed E-state index contributed by atoms with van der Waals surface area (Å²) in [5.74, 6) is -0.191. The Morgan fingerprint density at radius 3 is 2.74 bits per heavy atom.